The Morgan fingerprint density at radius 2 is 1.92 bits per heavy atom. The molecule has 0 aliphatic heterocycles. The lowest BCUT2D eigenvalue weighted by atomic mass is 10.0. The van der Waals surface area contributed by atoms with Gasteiger partial charge in [-0.25, -0.2) is 0 Å². The van der Waals surface area contributed by atoms with Gasteiger partial charge in [0.2, 0.25) is 0 Å². The molecule has 13 heavy (non-hydrogen) atoms. The van der Waals surface area contributed by atoms with Crippen LogP contribution in [0.25, 0.3) is 0 Å². The second-order valence-corrected chi connectivity index (χ2v) is 3.74. The van der Waals surface area contributed by atoms with Crippen molar-refractivity contribution >= 4 is 5.69 Å². The first kappa shape index (κ1) is 8.57. The summed E-state index contributed by atoms with van der Waals surface area (Å²) >= 11 is 0. The fourth-order valence-electron chi connectivity index (χ4n) is 1.60. The van der Waals surface area contributed by atoms with Crippen molar-refractivity contribution in [1.82, 2.24) is 0 Å². The maximum absolute atomic E-state index is 6.07. The first-order valence-electron chi connectivity index (χ1n) is 4.84. The molecule has 2 heteroatoms. The Hall–Kier alpha value is -1.02. The van der Waals surface area contributed by atoms with Crippen LogP contribution in [0.1, 0.15) is 24.4 Å². The van der Waals surface area contributed by atoms with Gasteiger partial charge < -0.3 is 11.1 Å². The molecule has 70 valence electrons. The zero-order valence-corrected chi connectivity index (χ0v) is 7.96. The van der Waals surface area contributed by atoms with Crippen LogP contribution in [-0.2, 0) is 0 Å². The third kappa shape index (κ3) is 1.83. The smallest absolute Gasteiger partial charge is 0.0337 e. The number of hydrogen-bond donors (Lipinski definition) is 2. The molecule has 1 fully saturated rings. The summed E-state index contributed by atoms with van der Waals surface area (Å²) in [5, 5.41) is 3.10. The Kier molecular flexibility index (Phi) is 2.23. The van der Waals surface area contributed by atoms with Gasteiger partial charge in [0, 0.05) is 18.8 Å². The predicted octanol–water partition coefficient (Wildman–Crippen LogP) is 2.14. The number of rotatable bonds is 3. The van der Waals surface area contributed by atoms with E-state index in [2.05, 4.69) is 29.6 Å². The van der Waals surface area contributed by atoms with E-state index in [1.165, 1.54) is 18.4 Å². The van der Waals surface area contributed by atoms with E-state index in [9.17, 15) is 0 Å². The number of benzene rings is 1. The molecular formula is C11H16N2. The van der Waals surface area contributed by atoms with Crippen LogP contribution in [0.2, 0.25) is 0 Å². The molecule has 1 atom stereocenters. The standard InChI is InChI=1S/C11H16N2/c1-13-10-6-4-9(5-7-10)11(12)8-2-3-8/h4-8,11,13H,2-3,12H2,1H3/t11-/m1/s1. The molecule has 2 rings (SSSR count). The summed E-state index contributed by atoms with van der Waals surface area (Å²) in [4.78, 5) is 0. The number of anilines is 1. The van der Waals surface area contributed by atoms with E-state index in [0.29, 0.717) is 0 Å². The molecule has 0 bridgehead atoms. The van der Waals surface area contributed by atoms with Gasteiger partial charge in [-0.15, -0.1) is 0 Å². The third-order valence-electron chi connectivity index (χ3n) is 2.71. The summed E-state index contributed by atoms with van der Waals surface area (Å²) < 4.78 is 0. The summed E-state index contributed by atoms with van der Waals surface area (Å²) in [7, 11) is 1.93. The van der Waals surface area contributed by atoms with Crippen LogP contribution >= 0.6 is 0 Å². The zero-order valence-electron chi connectivity index (χ0n) is 7.96. The molecule has 1 aromatic carbocycles. The topological polar surface area (TPSA) is 38.0 Å². The van der Waals surface area contributed by atoms with Gasteiger partial charge in [0.1, 0.15) is 0 Å². The number of hydrogen-bond acceptors (Lipinski definition) is 2. The SMILES string of the molecule is CNc1ccc([C@H](N)C2CC2)cc1. The lowest BCUT2D eigenvalue weighted by molar-refractivity contribution is 0.633. The second-order valence-electron chi connectivity index (χ2n) is 3.74. The van der Waals surface area contributed by atoms with Crippen molar-refractivity contribution in [2.24, 2.45) is 11.7 Å². The average molecular weight is 176 g/mol. The lowest BCUT2D eigenvalue weighted by Gasteiger charge is -2.10. The van der Waals surface area contributed by atoms with Crippen LogP contribution in [0, 0.1) is 5.92 Å². The van der Waals surface area contributed by atoms with Crippen LogP contribution in [0.15, 0.2) is 24.3 Å². The Labute approximate surface area is 79.1 Å². The Bertz CT molecular complexity index is 275. The van der Waals surface area contributed by atoms with Gasteiger partial charge in [0.05, 0.1) is 0 Å². The van der Waals surface area contributed by atoms with Crippen LogP contribution in [0.3, 0.4) is 0 Å². The second kappa shape index (κ2) is 3.38. The average Bonchev–Trinajstić information content (AvgIpc) is 3.00. The highest BCUT2D eigenvalue weighted by atomic mass is 14.8. The molecule has 1 aliphatic carbocycles. The van der Waals surface area contributed by atoms with Crippen LogP contribution < -0.4 is 11.1 Å². The summed E-state index contributed by atoms with van der Waals surface area (Å²) in [6.45, 7) is 0. The van der Waals surface area contributed by atoms with Crippen molar-refractivity contribution < 1.29 is 0 Å². The van der Waals surface area contributed by atoms with Crippen molar-refractivity contribution in [2.45, 2.75) is 18.9 Å². The van der Waals surface area contributed by atoms with E-state index in [4.69, 9.17) is 5.73 Å². The predicted molar refractivity (Wildman–Crippen MR) is 55.6 cm³/mol. The Morgan fingerprint density at radius 3 is 2.38 bits per heavy atom. The van der Waals surface area contributed by atoms with Gasteiger partial charge in [0.15, 0.2) is 0 Å². The Balaban J connectivity index is 2.11. The van der Waals surface area contributed by atoms with E-state index in [1.54, 1.807) is 0 Å². The van der Waals surface area contributed by atoms with E-state index in [0.717, 1.165) is 11.6 Å². The first-order chi connectivity index (χ1) is 6.31. The molecule has 0 spiro atoms. The molecule has 0 amide bonds. The number of nitrogens with one attached hydrogen (secondary N) is 1. The quantitative estimate of drug-likeness (QED) is 0.740. The molecule has 1 aliphatic rings. The van der Waals surface area contributed by atoms with E-state index in [-0.39, 0.29) is 6.04 Å². The molecule has 0 unspecified atom stereocenters. The van der Waals surface area contributed by atoms with Crippen molar-refractivity contribution in [3.8, 4) is 0 Å². The maximum Gasteiger partial charge on any atom is 0.0337 e. The maximum atomic E-state index is 6.07. The van der Waals surface area contributed by atoms with Gasteiger partial charge >= 0.3 is 0 Å². The highest BCUT2D eigenvalue weighted by molar-refractivity contribution is 5.44. The van der Waals surface area contributed by atoms with Crippen LogP contribution in [-0.4, -0.2) is 7.05 Å². The molecule has 1 aromatic rings. The van der Waals surface area contributed by atoms with E-state index < -0.39 is 0 Å². The fraction of sp³-hybridized carbons (Fsp3) is 0.455. The van der Waals surface area contributed by atoms with Gasteiger partial charge in [-0.1, -0.05) is 12.1 Å². The lowest BCUT2D eigenvalue weighted by Crippen LogP contribution is -2.12. The molecule has 0 heterocycles. The Morgan fingerprint density at radius 1 is 1.31 bits per heavy atom. The fourth-order valence-corrected chi connectivity index (χ4v) is 1.60. The van der Waals surface area contributed by atoms with Gasteiger partial charge in [-0.2, -0.15) is 0 Å². The minimum absolute atomic E-state index is 0.255. The van der Waals surface area contributed by atoms with Crippen molar-refractivity contribution in [2.75, 3.05) is 12.4 Å². The van der Waals surface area contributed by atoms with Gasteiger partial charge in [-0.05, 0) is 36.5 Å². The van der Waals surface area contributed by atoms with Gasteiger partial charge in [0.25, 0.3) is 0 Å². The van der Waals surface area contributed by atoms with Crippen molar-refractivity contribution in [3.63, 3.8) is 0 Å². The molecule has 2 nitrogen and oxygen atoms in total. The minimum Gasteiger partial charge on any atom is -0.388 e. The number of nitrogens with two attached hydrogens (primary N) is 1. The first-order valence-corrected chi connectivity index (χ1v) is 4.84. The highest BCUT2D eigenvalue weighted by Gasteiger charge is 2.29. The van der Waals surface area contributed by atoms with Crippen LogP contribution in [0.5, 0.6) is 0 Å². The molecular weight excluding hydrogens is 160 g/mol. The normalized spacial score (nSPS) is 18.3. The van der Waals surface area contributed by atoms with E-state index in [1.807, 2.05) is 7.05 Å². The van der Waals surface area contributed by atoms with E-state index >= 15 is 0 Å². The molecule has 0 aromatic heterocycles. The summed E-state index contributed by atoms with van der Waals surface area (Å²) in [6.07, 6.45) is 2.60. The van der Waals surface area contributed by atoms with Crippen molar-refractivity contribution in [3.05, 3.63) is 29.8 Å². The third-order valence-corrected chi connectivity index (χ3v) is 2.71. The monoisotopic (exact) mass is 176 g/mol. The zero-order chi connectivity index (χ0) is 9.26. The molecule has 0 saturated heterocycles. The van der Waals surface area contributed by atoms with Gasteiger partial charge in [-0.3, -0.25) is 0 Å². The molecule has 1 saturated carbocycles. The minimum atomic E-state index is 0.255. The summed E-state index contributed by atoms with van der Waals surface area (Å²) in [6, 6.07) is 8.66. The van der Waals surface area contributed by atoms with Crippen LogP contribution in [0.4, 0.5) is 5.69 Å². The summed E-state index contributed by atoms with van der Waals surface area (Å²) in [5.74, 6) is 0.737. The molecule has 0 radical (unpaired) electrons. The van der Waals surface area contributed by atoms with Crippen molar-refractivity contribution in [1.29, 1.82) is 0 Å². The summed E-state index contributed by atoms with van der Waals surface area (Å²) in [5.41, 5.74) is 8.48. The largest absolute Gasteiger partial charge is 0.388 e. The highest BCUT2D eigenvalue weighted by Crippen LogP contribution is 2.39. The molecule has 3 N–H and O–H groups in total.